The van der Waals surface area contributed by atoms with Gasteiger partial charge in [0.15, 0.2) is 0 Å². The molecule has 10 heteroatoms. The molecule has 0 atom stereocenters. The van der Waals surface area contributed by atoms with Crippen LogP contribution in [0.3, 0.4) is 0 Å². The molecular formula is C20H26N8O2. The zero-order valence-corrected chi connectivity index (χ0v) is 17.4. The second-order valence-corrected chi connectivity index (χ2v) is 8.14. The number of aryl methyl sites for hydroxylation is 2. The summed E-state index contributed by atoms with van der Waals surface area (Å²) in [5, 5.41) is 8.74. The minimum atomic E-state index is -0.0388. The van der Waals surface area contributed by atoms with Crippen molar-refractivity contribution in [3.8, 4) is 0 Å². The molecule has 10 nitrogen and oxygen atoms in total. The van der Waals surface area contributed by atoms with E-state index in [1.807, 2.05) is 0 Å². The Hall–Kier alpha value is -2.98. The van der Waals surface area contributed by atoms with Crippen molar-refractivity contribution in [3.63, 3.8) is 0 Å². The van der Waals surface area contributed by atoms with Crippen molar-refractivity contribution in [2.75, 3.05) is 13.1 Å². The predicted molar refractivity (Wildman–Crippen MR) is 110 cm³/mol. The van der Waals surface area contributed by atoms with Crippen LogP contribution in [0.15, 0.2) is 33.9 Å². The third kappa shape index (κ3) is 3.31. The molecule has 0 unspecified atom stereocenters. The molecule has 0 aliphatic carbocycles. The summed E-state index contributed by atoms with van der Waals surface area (Å²) in [5.41, 5.74) is 2.49. The lowest BCUT2D eigenvalue weighted by molar-refractivity contribution is 0.196. The van der Waals surface area contributed by atoms with Crippen molar-refractivity contribution in [2.45, 2.75) is 39.3 Å². The van der Waals surface area contributed by atoms with Crippen molar-refractivity contribution in [1.82, 2.24) is 38.5 Å². The van der Waals surface area contributed by atoms with Gasteiger partial charge in [-0.05, 0) is 11.1 Å². The van der Waals surface area contributed by atoms with Crippen LogP contribution in [0.1, 0.15) is 22.8 Å². The Morgan fingerprint density at radius 1 is 0.733 bits per heavy atom. The summed E-state index contributed by atoms with van der Waals surface area (Å²) in [5.74, 6) is 1.66. The van der Waals surface area contributed by atoms with Crippen LogP contribution in [0.2, 0.25) is 0 Å². The Balaban J connectivity index is 1.30. The Labute approximate surface area is 173 Å². The Kier molecular flexibility index (Phi) is 4.67. The van der Waals surface area contributed by atoms with E-state index in [0.29, 0.717) is 26.2 Å². The number of aromatic nitrogens is 6. The van der Waals surface area contributed by atoms with Crippen LogP contribution in [-0.4, -0.2) is 51.6 Å². The van der Waals surface area contributed by atoms with E-state index in [0.717, 1.165) is 37.8 Å². The lowest BCUT2D eigenvalue weighted by atomic mass is 10.1. The summed E-state index contributed by atoms with van der Waals surface area (Å²) in [4.78, 5) is 28.8. The van der Waals surface area contributed by atoms with Gasteiger partial charge >= 0.3 is 11.4 Å². The van der Waals surface area contributed by atoms with Crippen LogP contribution in [0, 0.1) is 0 Å². The van der Waals surface area contributed by atoms with Crippen LogP contribution in [0.4, 0.5) is 0 Å². The first-order chi connectivity index (χ1) is 14.5. The van der Waals surface area contributed by atoms with E-state index in [4.69, 9.17) is 0 Å². The second kappa shape index (κ2) is 7.37. The number of nitrogens with zero attached hydrogens (tertiary/aromatic N) is 8. The second-order valence-electron chi connectivity index (χ2n) is 8.14. The molecule has 2 aliphatic heterocycles. The van der Waals surface area contributed by atoms with Gasteiger partial charge in [-0.2, -0.15) is 10.2 Å². The molecule has 2 aromatic heterocycles. The molecule has 0 saturated carbocycles. The number of hydrogen-bond acceptors (Lipinski definition) is 6. The van der Waals surface area contributed by atoms with Crippen molar-refractivity contribution in [2.24, 2.45) is 14.1 Å². The van der Waals surface area contributed by atoms with E-state index in [1.54, 1.807) is 23.2 Å². The van der Waals surface area contributed by atoms with Gasteiger partial charge in [0.05, 0.1) is 13.1 Å². The van der Waals surface area contributed by atoms with E-state index in [1.165, 1.54) is 20.5 Å². The fourth-order valence-electron chi connectivity index (χ4n) is 4.45. The van der Waals surface area contributed by atoms with E-state index in [2.05, 4.69) is 44.3 Å². The van der Waals surface area contributed by atoms with Gasteiger partial charge in [-0.3, -0.25) is 18.9 Å². The topological polar surface area (TPSA) is 86.1 Å². The number of fused-ring (bicyclic) bond motifs is 2. The normalized spacial score (nSPS) is 17.1. The molecule has 158 valence electrons. The largest absolute Gasteiger partial charge is 0.345 e. The number of benzene rings is 1. The van der Waals surface area contributed by atoms with Crippen LogP contribution >= 0.6 is 0 Å². The summed E-state index contributed by atoms with van der Waals surface area (Å²) in [7, 11) is 3.40. The molecule has 0 N–H and O–H groups in total. The molecular weight excluding hydrogens is 384 g/mol. The first kappa shape index (κ1) is 19.0. The number of rotatable bonds is 4. The van der Waals surface area contributed by atoms with Crippen molar-refractivity contribution < 1.29 is 0 Å². The molecule has 0 spiro atoms. The highest BCUT2D eigenvalue weighted by Crippen LogP contribution is 2.19. The van der Waals surface area contributed by atoms with Crippen molar-refractivity contribution >= 4 is 0 Å². The highest BCUT2D eigenvalue weighted by atomic mass is 16.2. The van der Waals surface area contributed by atoms with Crippen LogP contribution in [-0.2, 0) is 53.4 Å². The van der Waals surface area contributed by atoms with Gasteiger partial charge in [0, 0.05) is 53.4 Å². The lowest BCUT2D eigenvalue weighted by Crippen LogP contribution is -2.38. The van der Waals surface area contributed by atoms with Crippen LogP contribution in [0.5, 0.6) is 0 Å². The average Bonchev–Trinajstić information content (AvgIpc) is 3.18. The van der Waals surface area contributed by atoms with E-state index in [-0.39, 0.29) is 11.4 Å². The van der Waals surface area contributed by atoms with Gasteiger partial charge in [0.2, 0.25) is 0 Å². The minimum Gasteiger partial charge on any atom is -0.290 e. The smallest absolute Gasteiger partial charge is 0.290 e. The summed E-state index contributed by atoms with van der Waals surface area (Å²) in [6, 6.07) is 8.50. The third-order valence-corrected chi connectivity index (χ3v) is 6.09. The highest BCUT2D eigenvalue weighted by Gasteiger charge is 2.24. The Morgan fingerprint density at radius 2 is 1.17 bits per heavy atom. The quantitative estimate of drug-likeness (QED) is 0.577. The van der Waals surface area contributed by atoms with Gasteiger partial charge in [0.1, 0.15) is 11.6 Å². The maximum atomic E-state index is 12.1. The maximum absolute atomic E-state index is 12.1. The minimum absolute atomic E-state index is 0.0388. The summed E-state index contributed by atoms with van der Waals surface area (Å²) >= 11 is 0. The van der Waals surface area contributed by atoms with Crippen molar-refractivity contribution in [3.05, 3.63) is 68.0 Å². The van der Waals surface area contributed by atoms with Gasteiger partial charge in [-0.1, -0.05) is 24.3 Å². The monoisotopic (exact) mass is 410 g/mol. The van der Waals surface area contributed by atoms with E-state index in [9.17, 15) is 9.59 Å². The zero-order chi connectivity index (χ0) is 20.8. The molecule has 4 heterocycles. The summed E-state index contributed by atoms with van der Waals surface area (Å²) in [6.07, 6.45) is 0. The molecule has 0 fully saturated rings. The maximum Gasteiger partial charge on any atom is 0.345 e. The predicted octanol–water partition coefficient (Wildman–Crippen LogP) is -0.491. The van der Waals surface area contributed by atoms with Gasteiger partial charge in [-0.25, -0.2) is 19.0 Å². The molecule has 0 amide bonds. The highest BCUT2D eigenvalue weighted by molar-refractivity contribution is 5.27. The fraction of sp³-hybridized carbons (Fsp3) is 0.500. The first-order valence-corrected chi connectivity index (χ1v) is 10.3. The van der Waals surface area contributed by atoms with Crippen molar-refractivity contribution in [1.29, 1.82) is 0 Å². The zero-order valence-electron chi connectivity index (χ0n) is 17.4. The molecule has 30 heavy (non-hydrogen) atoms. The van der Waals surface area contributed by atoms with E-state index < -0.39 is 0 Å². The fourth-order valence-corrected chi connectivity index (χ4v) is 4.45. The molecule has 0 bridgehead atoms. The molecule has 0 saturated heterocycles. The molecule has 3 aromatic rings. The molecule has 1 aromatic carbocycles. The molecule has 2 aliphatic rings. The summed E-state index contributed by atoms with van der Waals surface area (Å²) in [6.45, 7) is 6.00. The van der Waals surface area contributed by atoms with Gasteiger partial charge < -0.3 is 0 Å². The number of hydrogen-bond donors (Lipinski definition) is 0. The molecule has 0 radical (unpaired) electrons. The van der Waals surface area contributed by atoms with Gasteiger partial charge in [-0.15, -0.1) is 0 Å². The average molecular weight is 410 g/mol. The van der Waals surface area contributed by atoms with Crippen LogP contribution in [0.25, 0.3) is 0 Å². The van der Waals surface area contributed by atoms with E-state index >= 15 is 0 Å². The molecule has 5 rings (SSSR count). The Bertz CT molecular complexity index is 1110. The summed E-state index contributed by atoms with van der Waals surface area (Å²) < 4.78 is 6.37. The third-order valence-electron chi connectivity index (χ3n) is 6.09. The first-order valence-electron chi connectivity index (χ1n) is 10.3. The SMILES string of the molecule is Cn1nc2n(c1=O)CCN(Cc1ccccc1CN1CCn3c(nn(C)c3=O)C1)C2. The Morgan fingerprint density at radius 3 is 1.60 bits per heavy atom. The standard InChI is InChI=1S/C20H26N8O2/c1-23-19(29)27-9-7-25(13-17(27)21-23)11-15-5-3-4-6-16(15)12-26-8-10-28-18(14-26)22-24(2)20(28)30/h3-6H,7-14H2,1-2H3. The lowest BCUT2D eigenvalue weighted by Gasteiger charge is -2.29. The van der Waals surface area contributed by atoms with Crippen LogP contribution < -0.4 is 11.4 Å². The van der Waals surface area contributed by atoms with Gasteiger partial charge in [0.25, 0.3) is 0 Å².